The Kier molecular flexibility index (Phi) is 6.91. The fraction of sp³-hybridized carbons (Fsp3) is 0.0741. The molecule has 0 spiro atoms. The van der Waals surface area contributed by atoms with Crippen LogP contribution >= 0.6 is 23.8 Å². The van der Waals surface area contributed by atoms with Crippen molar-refractivity contribution >= 4 is 46.2 Å². The summed E-state index contributed by atoms with van der Waals surface area (Å²) in [6.45, 7) is 1.77. The SMILES string of the molecule is CC1=C(C(=O)Nc2ccc([N+](=O)[O-])cc2)C(c2cn(-c3ccccc3)nc2-c2ccc(Cl)cc2)NC(=S)N1. The monoisotopic (exact) mass is 544 g/mol. The summed E-state index contributed by atoms with van der Waals surface area (Å²) >= 11 is 11.6. The highest BCUT2D eigenvalue weighted by Crippen LogP contribution is 2.35. The van der Waals surface area contributed by atoms with Gasteiger partial charge in [0.25, 0.3) is 11.6 Å². The van der Waals surface area contributed by atoms with Gasteiger partial charge in [0.1, 0.15) is 0 Å². The number of amides is 1. The third-order valence-corrected chi connectivity index (χ3v) is 6.51. The number of non-ortho nitro benzene ring substituents is 1. The quantitative estimate of drug-likeness (QED) is 0.166. The molecule has 0 saturated heterocycles. The van der Waals surface area contributed by atoms with E-state index in [1.54, 1.807) is 23.7 Å². The van der Waals surface area contributed by atoms with Crippen LogP contribution in [-0.4, -0.2) is 25.7 Å². The Bertz CT molecular complexity index is 1570. The van der Waals surface area contributed by atoms with Gasteiger partial charge in [0, 0.05) is 45.9 Å². The first-order valence-electron chi connectivity index (χ1n) is 11.5. The first kappa shape index (κ1) is 25.1. The van der Waals surface area contributed by atoms with Gasteiger partial charge in [-0.1, -0.05) is 41.9 Å². The van der Waals surface area contributed by atoms with Crippen molar-refractivity contribution < 1.29 is 9.72 Å². The maximum atomic E-state index is 13.6. The van der Waals surface area contributed by atoms with E-state index in [-0.39, 0.29) is 5.69 Å². The van der Waals surface area contributed by atoms with Crippen LogP contribution in [0.3, 0.4) is 0 Å². The number of hydrogen-bond donors (Lipinski definition) is 3. The number of allylic oxidation sites excluding steroid dienone is 1. The number of thiocarbonyl (C=S) groups is 1. The predicted molar refractivity (Wildman–Crippen MR) is 150 cm³/mol. The second-order valence-electron chi connectivity index (χ2n) is 8.55. The van der Waals surface area contributed by atoms with Crippen molar-refractivity contribution in [2.24, 2.45) is 0 Å². The minimum atomic E-state index is -0.634. The number of halogens is 1. The van der Waals surface area contributed by atoms with E-state index >= 15 is 0 Å². The molecule has 3 aromatic carbocycles. The summed E-state index contributed by atoms with van der Waals surface area (Å²) in [5.74, 6) is -0.390. The molecule has 1 aliphatic rings. The fourth-order valence-electron chi connectivity index (χ4n) is 4.24. The van der Waals surface area contributed by atoms with Crippen LogP contribution in [0.25, 0.3) is 16.9 Å². The van der Waals surface area contributed by atoms with E-state index in [1.807, 2.05) is 48.7 Å². The number of nitrogens with one attached hydrogen (secondary N) is 3. The number of nitrogens with zero attached hydrogens (tertiary/aromatic N) is 3. The summed E-state index contributed by atoms with van der Waals surface area (Å²) < 4.78 is 1.76. The average Bonchev–Trinajstić information content (AvgIpc) is 3.35. The van der Waals surface area contributed by atoms with Gasteiger partial charge in [-0.2, -0.15) is 5.10 Å². The summed E-state index contributed by atoms with van der Waals surface area (Å²) in [4.78, 5) is 24.1. The number of anilines is 1. The number of carbonyl (C=O) groups is 1. The Morgan fingerprint density at radius 2 is 1.76 bits per heavy atom. The summed E-state index contributed by atoms with van der Waals surface area (Å²) in [5, 5.41) is 25.9. The Hall–Kier alpha value is -4.54. The molecule has 38 heavy (non-hydrogen) atoms. The summed E-state index contributed by atoms with van der Waals surface area (Å²) in [7, 11) is 0. The number of hydrogen-bond acceptors (Lipinski definition) is 5. The van der Waals surface area contributed by atoms with Crippen molar-refractivity contribution in [3.8, 4) is 16.9 Å². The molecule has 190 valence electrons. The zero-order valence-electron chi connectivity index (χ0n) is 20.0. The molecule has 0 saturated carbocycles. The van der Waals surface area contributed by atoms with Crippen molar-refractivity contribution in [1.29, 1.82) is 0 Å². The molecule has 3 N–H and O–H groups in total. The molecule has 1 aromatic heterocycles. The lowest BCUT2D eigenvalue weighted by atomic mass is 9.93. The first-order valence-corrected chi connectivity index (χ1v) is 12.3. The van der Waals surface area contributed by atoms with Crippen molar-refractivity contribution in [3.05, 3.63) is 117 Å². The molecule has 0 fully saturated rings. The van der Waals surface area contributed by atoms with Gasteiger partial charge in [-0.25, -0.2) is 4.68 Å². The van der Waals surface area contributed by atoms with E-state index in [0.717, 1.165) is 16.8 Å². The molecule has 2 heterocycles. The van der Waals surface area contributed by atoms with Crippen molar-refractivity contribution in [3.63, 3.8) is 0 Å². The molecule has 1 aliphatic heterocycles. The lowest BCUT2D eigenvalue weighted by molar-refractivity contribution is -0.384. The molecule has 4 aromatic rings. The lowest BCUT2D eigenvalue weighted by Crippen LogP contribution is -2.45. The van der Waals surface area contributed by atoms with Crippen LogP contribution in [-0.2, 0) is 4.79 Å². The Labute approximate surface area is 228 Å². The van der Waals surface area contributed by atoms with E-state index in [1.165, 1.54) is 24.3 Å². The highest BCUT2D eigenvalue weighted by molar-refractivity contribution is 7.80. The van der Waals surface area contributed by atoms with Crippen molar-refractivity contribution in [1.82, 2.24) is 20.4 Å². The normalized spacial score (nSPS) is 15.0. The number of nitro groups is 1. The molecular formula is C27H21ClN6O3S. The van der Waals surface area contributed by atoms with E-state index < -0.39 is 16.9 Å². The third-order valence-electron chi connectivity index (χ3n) is 6.04. The molecule has 11 heteroatoms. The van der Waals surface area contributed by atoms with Crippen LogP contribution < -0.4 is 16.0 Å². The molecule has 0 radical (unpaired) electrons. The zero-order valence-corrected chi connectivity index (χ0v) is 21.6. The van der Waals surface area contributed by atoms with Crippen LogP contribution in [0.1, 0.15) is 18.5 Å². The van der Waals surface area contributed by atoms with Crippen molar-refractivity contribution in [2.45, 2.75) is 13.0 Å². The molecule has 1 amide bonds. The largest absolute Gasteiger partial charge is 0.351 e. The van der Waals surface area contributed by atoms with Gasteiger partial charge < -0.3 is 16.0 Å². The first-order chi connectivity index (χ1) is 18.3. The van der Waals surface area contributed by atoms with Crippen LogP contribution in [0.5, 0.6) is 0 Å². The van der Waals surface area contributed by atoms with E-state index in [4.69, 9.17) is 28.9 Å². The van der Waals surface area contributed by atoms with Gasteiger partial charge in [-0.3, -0.25) is 14.9 Å². The molecule has 1 unspecified atom stereocenters. The van der Waals surface area contributed by atoms with Gasteiger partial charge in [0.05, 0.1) is 27.9 Å². The minimum absolute atomic E-state index is 0.0662. The van der Waals surface area contributed by atoms with Crippen LogP contribution in [0.15, 0.2) is 96.3 Å². The number of aromatic nitrogens is 2. The maximum absolute atomic E-state index is 13.6. The van der Waals surface area contributed by atoms with Crippen molar-refractivity contribution in [2.75, 3.05) is 5.32 Å². The number of carbonyl (C=O) groups excluding carboxylic acids is 1. The second kappa shape index (κ2) is 10.4. The molecule has 0 aliphatic carbocycles. The van der Waals surface area contributed by atoms with Gasteiger partial charge in [-0.15, -0.1) is 0 Å². The summed E-state index contributed by atoms with van der Waals surface area (Å²) in [6.07, 6.45) is 1.87. The molecule has 9 nitrogen and oxygen atoms in total. The standard InChI is InChI=1S/C27H21ClN6O3S/c1-16-23(26(35)30-19-11-13-21(14-12-19)34(36)37)25(31-27(38)29-16)22-15-33(20-5-3-2-4-6-20)32-24(22)17-7-9-18(28)10-8-17/h2-15,25H,1H3,(H,30,35)(H2,29,31,38). The van der Waals surface area contributed by atoms with E-state index in [0.29, 0.717) is 32.8 Å². The Balaban J connectivity index is 1.58. The Morgan fingerprint density at radius 3 is 2.42 bits per heavy atom. The molecule has 5 rings (SSSR count). The Morgan fingerprint density at radius 1 is 1.08 bits per heavy atom. The summed E-state index contributed by atoms with van der Waals surface area (Å²) in [6, 6.07) is 22.0. The maximum Gasteiger partial charge on any atom is 0.269 e. The predicted octanol–water partition coefficient (Wildman–Crippen LogP) is 5.53. The smallest absolute Gasteiger partial charge is 0.269 e. The highest BCUT2D eigenvalue weighted by Gasteiger charge is 2.33. The van der Waals surface area contributed by atoms with Crippen LogP contribution in [0.4, 0.5) is 11.4 Å². The topological polar surface area (TPSA) is 114 Å². The van der Waals surface area contributed by atoms with Gasteiger partial charge in [0.2, 0.25) is 0 Å². The fourth-order valence-corrected chi connectivity index (χ4v) is 4.63. The molecular weight excluding hydrogens is 524 g/mol. The number of benzene rings is 3. The van der Waals surface area contributed by atoms with Gasteiger partial charge >= 0.3 is 0 Å². The van der Waals surface area contributed by atoms with Crippen LogP contribution in [0.2, 0.25) is 5.02 Å². The lowest BCUT2D eigenvalue weighted by Gasteiger charge is -2.30. The summed E-state index contributed by atoms with van der Waals surface area (Å²) in [5.41, 5.74) is 4.39. The number of nitro benzene ring substituents is 1. The number of rotatable bonds is 6. The second-order valence-corrected chi connectivity index (χ2v) is 9.39. The average molecular weight is 545 g/mol. The minimum Gasteiger partial charge on any atom is -0.351 e. The van der Waals surface area contributed by atoms with Gasteiger partial charge in [0.15, 0.2) is 5.11 Å². The zero-order chi connectivity index (χ0) is 26.8. The van der Waals surface area contributed by atoms with E-state index in [9.17, 15) is 14.9 Å². The van der Waals surface area contributed by atoms with Crippen LogP contribution in [0, 0.1) is 10.1 Å². The third kappa shape index (κ3) is 5.13. The van der Waals surface area contributed by atoms with E-state index in [2.05, 4.69) is 16.0 Å². The van der Waals surface area contributed by atoms with Gasteiger partial charge in [-0.05, 0) is 55.5 Å². The molecule has 1 atom stereocenters. The highest BCUT2D eigenvalue weighted by atomic mass is 35.5. The molecule has 0 bridgehead atoms. The number of para-hydroxylation sites is 1.